The van der Waals surface area contributed by atoms with E-state index in [1.54, 1.807) is 0 Å². The molecule has 5 aromatic carbocycles. The van der Waals surface area contributed by atoms with Crippen LogP contribution in [-0.4, -0.2) is 9.55 Å². The number of pyridine rings is 1. The van der Waals surface area contributed by atoms with Crippen LogP contribution in [0.15, 0.2) is 127 Å². The van der Waals surface area contributed by atoms with Crippen molar-refractivity contribution in [1.29, 1.82) is 0 Å². The second-order valence-electron chi connectivity index (χ2n) is 10.7. The summed E-state index contributed by atoms with van der Waals surface area (Å²) < 4.78 is 2.43. The molecule has 0 saturated carbocycles. The molecule has 0 unspecified atom stereocenters. The molecule has 7 rings (SSSR count). The highest BCUT2D eigenvalue weighted by Crippen LogP contribution is 2.43. The third-order valence-corrected chi connectivity index (χ3v) is 7.75. The first-order chi connectivity index (χ1) is 19.6. The largest absolute Gasteiger partial charge is 0.309 e. The molecule has 2 heterocycles. The first-order valence-electron chi connectivity index (χ1n) is 13.8. The van der Waals surface area contributed by atoms with Crippen molar-refractivity contribution in [3.63, 3.8) is 0 Å². The third-order valence-electron chi connectivity index (χ3n) is 7.75. The Kier molecular flexibility index (Phi) is 5.82. The van der Waals surface area contributed by atoms with Crippen molar-refractivity contribution in [2.75, 3.05) is 0 Å². The van der Waals surface area contributed by atoms with Crippen LogP contribution in [0, 0.1) is 20.8 Å². The molecule has 0 aliphatic heterocycles. The van der Waals surface area contributed by atoms with Crippen LogP contribution in [0.2, 0.25) is 0 Å². The molecule has 0 atom stereocenters. The van der Waals surface area contributed by atoms with Gasteiger partial charge in [0.2, 0.25) is 0 Å². The minimum atomic E-state index is 1.02. The lowest BCUT2D eigenvalue weighted by Gasteiger charge is -2.20. The fraction of sp³-hybridized carbons (Fsp3) is 0.0789. The Morgan fingerprint density at radius 3 is 1.75 bits per heavy atom. The molecule has 0 fully saturated rings. The van der Waals surface area contributed by atoms with Crippen molar-refractivity contribution >= 4 is 21.8 Å². The second kappa shape index (κ2) is 9.66. The lowest BCUT2D eigenvalue weighted by atomic mass is 9.86. The van der Waals surface area contributed by atoms with Gasteiger partial charge in [-0.3, -0.25) is 4.98 Å². The van der Waals surface area contributed by atoms with E-state index < -0.39 is 0 Å². The predicted octanol–water partition coefficient (Wildman–Crippen LogP) is 10.1. The first-order valence-corrected chi connectivity index (χ1v) is 13.8. The molecule has 0 amide bonds. The number of rotatable bonds is 4. The second-order valence-corrected chi connectivity index (χ2v) is 10.7. The molecule has 0 bridgehead atoms. The summed E-state index contributed by atoms with van der Waals surface area (Å²) in [5.41, 5.74) is 14.1. The Morgan fingerprint density at radius 1 is 0.475 bits per heavy atom. The van der Waals surface area contributed by atoms with E-state index in [1.165, 1.54) is 60.8 Å². The van der Waals surface area contributed by atoms with Gasteiger partial charge in [-0.15, -0.1) is 0 Å². The van der Waals surface area contributed by atoms with Gasteiger partial charge in [-0.05, 0) is 96.6 Å². The van der Waals surface area contributed by atoms with Gasteiger partial charge in [-0.2, -0.15) is 0 Å². The van der Waals surface area contributed by atoms with Gasteiger partial charge in [0.1, 0.15) is 0 Å². The van der Waals surface area contributed by atoms with Gasteiger partial charge in [0.25, 0.3) is 0 Å². The Bertz CT molecular complexity index is 1990. The van der Waals surface area contributed by atoms with Crippen LogP contribution < -0.4 is 0 Å². The molecule has 0 radical (unpaired) electrons. The summed E-state index contributed by atoms with van der Waals surface area (Å²) >= 11 is 0. The van der Waals surface area contributed by atoms with Gasteiger partial charge < -0.3 is 4.57 Å². The Morgan fingerprint density at radius 2 is 1.05 bits per heavy atom. The summed E-state index contributed by atoms with van der Waals surface area (Å²) in [6.45, 7) is 6.33. The number of aromatic nitrogens is 2. The highest BCUT2D eigenvalue weighted by molar-refractivity contribution is 6.10. The average molecular weight is 515 g/mol. The number of fused-ring (bicyclic) bond motifs is 3. The van der Waals surface area contributed by atoms with Crippen molar-refractivity contribution in [3.05, 3.63) is 144 Å². The topological polar surface area (TPSA) is 17.8 Å². The van der Waals surface area contributed by atoms with Crippen LogP contribution in [-0.2, 0) is 0 Å². The zero-order chi connectivity index (χ0) is 27.2. The van der Waals surface area contributed by atoms with Gasteiger partial charge >= 0.3 is 0 Å². The van der Waals surface area contributed by atoms with Crippen LogP contribution in [0.25, 0.3) is 60.9 Å². The highest BCUT2D eigenvalue weighted by atomic mass is 15.0. The Hall–Kier alpha value is -4.95. The van der Waals surface area contributed by atoms with Gasteiger partial charge in [0, 0.05) is 27.8 Å². The van der Waals surface area contributed by atoms with Gasteiger partial charge in [0.15, 0.2) is 0 Å². The number of benzene rings is 5. The van der Waals surface area contributed by atoms with Crippen LogP contribution in [0.4, 0.5) is 0 Å². The van der Waals surface area contributed by atoms with E-state index in [0.717, 1.165) is 17.1 Å². The van der Waals surface area contributed by atoms with Crippen molar-refractivity contribution < 1.29 is 0 Å². The van der Waals surface area contributed by atoms with Gasteiger partial charge in [-0.25, -0.2) is 0 Å². The number of nitrogens with zero attached hydrogens (tertiary/aromatic N) is 2. The van der Waals surface area contributed by atoms with Gasteiger partial charge in [0.05, 0.1) is 11.0 Å². The SMILES string of the molecule is Cc1ccc2c(c1)c1ccccc1n2-c1cc(-c2ccccc2)c(-c2ccccc2)c(-c2cc(C)nc(C)c2)c1. The average Bonchev–Trinajstić information content (AvgIpc) is 3.30. The maximum Gasteiger partial charge on any atom is 0.0541 e. The summed E-state index contributed by atoms with van der Waals surface area (Å²) in [6.07, 6.45) is 0. The molecule has 40 heavy (non-hydrogen) atoms. The summed E-state index contributed by atoms with van der Waals surface area (Å²) in [7, 11) is 0. The molecule has 2 heteroatoms. The fourth-order valence-corrected chi connectivity index (χ4v) is 6.10. The number of aryl methyl sites for hydroxylation is 3. The minimum Gasteiger partial charge on any atom is -0.309 e. The minimum absolute atomic E-state index is 1.02. The highest BCUT2D eigenvalue weighted by Gasteiger charge is 2.20. The first kappa shape index (κ1) is 24.1. The Labute approximate surface area is 235 Å². The molecule has 192 valence electrons. The number of hydrogen-bond acceptors (Lipinski definition) is 1. The molecule has 0 N–H and O–H groups in total. The fourth-order valence-electron chi connectivity index (χ4n) is 6.10. The summed E-state index contributed by atoms with van der Waals surface area (Å²) in [4.78, 5) is 4.70. The Balaban J connectivity index is 1.65. The maximum atomic E-state index is 4.70. The molecule has 0 spiro atoms. The summed E-state index contributed by atoms with van der Waals surface area (Å²) in [5.74, 6) is 0. The molecular weight excluding hydrogens is 484 g/mol. The monoisotopic (exact) mass is 514 g/mol. The van der Waals surface area contributed by atoms with Crippen molar-refractivity contribution in [1.82, 2.24) is 9.55 Å². The molecule has 7 aromatic rings. The van der Waals surface area contributed by atoms with Crippen LogP contribution in [0.1, 0.15) is 17.0 Å². The summed E-state index contributed by atoms with van der Waals surface area (Å²) in [6, 6.07) is 46.2. The molecular formula is C38H30N2. The maximum absolute atomic E-state index is 4.70. The van der Waals surface area contributed by atoms with Crippen molar-refractivity contribution in [3.8, 4) is 39.1 Å². The van der Waals surface area contributed by atoms with E-state index in [-0.39, 0.29) is 0 Å². The van der Waals surface area contributed by atoms with E-state index >= 15 is 0 Å². The van der Waals surface area contributed by atoms with Crippen molar-refractivity contribution in [2.45, 2.75) is 20.8 Å². The van der Waals surface area contributed by atoms with Crippen LogP contribution in [0.5, 0.6) is 0 Å². The predicted molar refractivity (Wildman–Crippen MR) is 169 cm³/mol. The van der Waals surface area contributed by atoms with E-state index in [9.17, 15) is 0 Å². The zero-order valence-corrected chi connectivity index (χ0v) is 23.0. The molecule has 0 saturated heterocycles. The molecule has 2 aromatic heterocycles. The normalized spacial score (nSPS) is 11.4. The molecule has 0 aliphatic carbocycles. The number of hydrogen-bond donors (Lipinski definition) is 0. The standard InChI is InChI=1S/C38H30N2/c1-25-18-19-37-35(20-25)32-16-10-11-17-36(32)40(37)31-23-33(28-12-6-4-7-13-28)38(29-14-8-5-9-15-29)34(24-31)30-21-26(2)39-27(3)22-30/h4-24H,1-3H3. The third kappa shape index (κ3) is 4.10. The van der Waals surface area contributed by atoms with Gasteiger partial charge in [-0.1, -0.05) is 90.5 Å². The lowest BCUT2D eigenvalue weighted by Crippen LogP contribution is -1.99. The molecule has 0 aliphatic rings. The van der Waals surface area contributed by atoms with E-state index in [2.05, 4.69) is 153 Å². The van der Waals surface area contributed by atoms with E-state index in [0.29, 0.717) is 0 Å². The van der Waals surface area contributed by atoms with Crippen LogP contribution >= 0.6 is 0 Å². The lowest BCUT2D eigenvalue weighted by molar-refractivity contribution is 1.12. The number of para-hydroxylation sites is 1. The van der Waals surface area contributed by atoms with Crippen LogP contribution in [0.3, 0.4) is 0 Å². The smallest absolute Gasteiger partial charge is 0.0541 e. The van der Waals surface area contributed by atoms with E-state index in [1.807, 2.05) is 0 Å². The van der Waals surface area contributed by atoms with Crippen molar-refractivity contribution in [2.24, 2.45) is 0 Å². The quantitative estimate of drug-likeness (QED) is 0.228. The zero-order valence-electron chi connectivity index (χ0n) is 23.0. The van der Waals surface area contributed by atoms with E-state index in [4.69, 9.17) is 4.98 Å². The summed E-state index contributed by atoms with van der Waals surface area (Å²) in [5, 5.41) is 2.55. The molecule has 2 nitrogen and oxygen atoms in total.